The molecule has 118 valence electrons. The first-order valence-corrected chi connectivity index (χ1v) is 7.92. The fraction of sp³-hybridized carbons (Fsp3) is 0.176. The lowest BCUT2D eigenvalue weighted by Gasteiger charge is -2.31. The Kier molecular flexibility index (Phi) is 4.34. The van der Waals surface area contributed by atoms with E-state index in [1.54, 1.807) is 25.2 Å². The number of carbonyl (C=O) groups excluding carboxylic acids is 2. The number of benzene rings is 2. The van der Waals surface area contributed by atoms with E-state index >= 15 is 0 Å². The lowest BCUT2D eigenvalue weighted by atomic mass is 10.1. The minimum absolute atomic E-state index is 0.0377. The Morgan fingerprint density at radius 2 is 2.04 bits per heavy atom. The van der Waals surface area contributed by atoms with Crippen LogP contribution in [0.2, 0.25) is 0 Å². The predicted molar refractivity (Wildman–Crippen MR) is 91.7 cm³/mol. The van der Waals surface area contributed by atoms with Crippen LogP contribution in [0.25, 0.3) is 0 Å². The Morgan fingerprint density at radius 3 is 2.83 bits per heavy atom. The maximum absolute atomic E-state index is 12.3. The van der Waals surface area contributed by atoms with Gasteiger partial charge in [0.05, 0.1) is 12.1 Å². The normalized spacial score (nSPS) is 16.5. The van der Waals surface area contributed by atoms with Gasteiger partial charge in [-0.05, 0) is 30.3 Å². The molecule has 0 aromatic heterocycles. The van der Waals surface area contributed by atoms with E-state index in [4.69, 9.17) is 4.74 Å². The molecule has 0 saturated carbocycles. The molecule has 2 amide bonds. The van der Waals surface area contributed by atoms with Crippen LogP contribution < -0.4 is 15.0 Å². The zero-order chi connectivity index (χ0) is 16.4. The topological polar surface area (TPSA) is 58.6 Å². The van der Waals surface area contributed by atoms with Crippen LogP contribution >= 0.6 is 15.9 Å². The van der Waals surface area contributed by atoms with E-state index in [9.17, 15) is 9.59 Å². The summed E-state index contributed by atoms with van der Waals surface area (Å²) >= 11 is 3.35. The van der Waals surface area contributed by atoms with Crippen LogP contribution in [0.4, 0.5) is 11.4 Å². The van der Waals surface area contributed by atoms with Gasteiger partial charge in [-0.25, -0.2) is 0 Å². The molecule has 0 spiro atoms. The van der Waals surface area contributed by atoms with Crippen LogP contribution in [-0.2, 0) is 9.59 Å². The second kappa shape index (κ2) is 6.42. The summed E-state index contributed by atoms with van der Waals surface area (Å²) in [6.45, 7) is 0. The number of nitrogens with one attached hydrogen (secondary N) is 1. The number of anilines is 2. The Balaban J connectivity index is 1.71. The highest BCUT2D eigenvalue weighted by Gasteiger charge is 2.33. The van der Waals surface area contributed by atoms with Gasteiger partial charge in [0.15, 0.2) is 6.10 Å². The number of carbonyl (C=O) groups is 2. The van der Waals surface area contributed by atoms with E-state index in [0.717, 1.165) is 4.47 Å². The fourth-order valence-corrected chi connectivity index (χ4v) is 2.85. The average Bonchev–Trinajstić information content (AvgIpc) is 2.52. The van der Waals surface area contributed by atoms with E-state index in [-0.39, 0.29) is 18.2 Å². The molecular formula is C17H15BrN2O3. The molecule has 0 radical (unpaired) electrons. The number of nitrogens with zero attached hydrogens (tertiary/aromatic N) is 1. The van der Waals surface area contributed by atoms with Gasteiger partial charge in [0, 0.05) is 17.2 Å². The van der Waals surface area contributed by atoms with Gasteiger partial charge in [0.25, 0.3) is 5.91 Å². The number of hydrogen-bond acceptors (Lipinski definition) is 3. The van der Waals surface area contributed by atoms with Crippen molar-refractivity contribution in [2.24, 2.45) is 0 Å². The molecule has 3 rings (SSSR count). The first-order valence-electron chi connectivity index (χ1n) is 7.13. The molecular weight excluding hydrogens is 360 g/mol. The summed E-state index contributed by atoms with van der Waals surface area (Å²) < 4.78 is 6.55. The molecule has 6 heteroatoms. The molecule has 2 aromatic carbocycles. The van der Waals surface area contributed by atoms with Gasteiger partial charge >= 0.3 is 0 Å². The van der Waals surface area contributed by atoms with E-state index in [1.807, 2.05) is 30.3 Å². The van der Waals surface area contributed by atoms with Gasteiger partial charge in [-0.1, -0.05) is 34.1 Å². The summed E-state index contributed by atoms with van der Waals surface area (Å²) in [6, 6.07) is 14.5. The molecule has 5 nitrogen and oxygen atoms in total. The molecule has 23 heavy (non-hydrogen) atoms. The molecule has 0 fully saturated rings. The van der Waals surface area contributed by atoms with Gasteiger partial charge in [0.1, 0.15) is 5.75 Å². The van der Waals surface area contributed by atoms with Crippen molar-refractivity contribution in [1.82, 2.24) is 0 Å². The smallest absolute Gasteiger partial charge is 0.268 e. The van der Waals surface area contributed by atoms with Crippen LogP contribution in [0.1, 0.15) is 6.42 Å². The van der Waals surface area contributed by atoms with Crippen molar-refractivity contribution in [1.29, 1.82) is 0 Å². The summed E-state index contributed by atoms with van der Waals surface area (Å²) in [5.74, 6) is 0.108. The Hall–Kier alpha value is -2.34. The van der Waals surface area contributed by atoms with Gasteiger partial charge in [-0.2, -0.15) is 0 Å². The quantitative estimate of drug-likeness (QED) is 0.897. The van der Waals surface area contributed by atoms with E-state index in [0.29, 0.717) is 17.1 Å². The highest BCUT2D eigenvalue weighted by atomic mass is 79.9. The number of hydrogen-bond donors (Lipinski definition) is 1. The molecule has 0 saturated heterocycles. The fourth-order valence-electron chi connectivity index (χ4n) is 2.45. The van der Waals surface area contributed by atoms with Crippen LogP contribution in [0.15, 0.2) is 53.0 Å². The van der Waals surface area contributed by atoms with E-state index in [1.165, 1.54) is 4.90 Å². The number of halogens is 1. The highest BCUT2D eigenvalue weighted by Crippen LogP contribution is 2.33. The van der Waals surface area contributed by atoms with Crippen molar-refractivity contribution < 1.29 is 14.3 Å². The molecule has 1 atom stereocenters. The van der Waals surface area contributed by atoms with Crippen molar-refractivity contribution in [3.63, 3.8) is 0 Å². The third-order valence-electron chi connectivity index (χ3n) is 3.58. The second-order valence-electron chi connectivity index (χ2n) is 5.23. The molecule has 0 aliphatic carbocycles. The maximum atomic E-state index is 12.3. The van der Waals surface area contributed by atoms with Crippen LogP contribution in [0.5, 0.6) is 5.75 Å². The zero-order valence-corrected chi connectivity index (χ0v) is 14.0. The van der Waals surface area contributed by atoms with Gasteiger partial charge < -0.3 is 15.0 Å². The van der Waals surface area contributed by atoms with Gasteiger partial charge in [-0.15, -0.1) is 0 Å². The first-order chi connectivity index (χ1) is 11.0. The molecule has 1 unspecified atom stereocenters. The molecule has 0 bridgehead atoms. The minimum Gasteiger partial charge on any atom is -0.478 e. The van der Waals surface area contributed by atoms with Gasteiger partial charge in [0.2, 0.25) is 5.91 Å². The Labute approximate surface area is 142 Å². The van der Waals surface area contributed by atoms with E-state index < -0.39 is 6.10 Å². The molecule has 2 aromatic rings. The first kappa shape index (κ1) is 15.6. The number of amides is 2. The predicted octanol–water partition coefficient (Wildman–Crippen LogP) is 3.20. The molecule has 1 heterocycles. The summed E-state index contributed by atoms with van der Waals surface area (Å²) in [4.78, 5) is 26.0. The standard InChI is InChI=1S/C17H15BrN2O3/c1-20-13-7-2-3-8-14(13)23-15(17(20)22)10-16(21)19-12-6-4-5-11(18)9-12/h2-9,15H,10H2,1H3,(H,19,21). The number of para-hydroxylation sites is 2. The summed E-state index contributed by atoms with van der Waals surface area (Å²) in [6.07, 6.45) is -0.855. The zero-order valence-electron chi connectivity index (χ0n) is 12.5. The third kappa shape index (κ3) is 3.37. The minimum atomic E-state index is -0.818. The van der Waals surface area contributed by atoms with Crippen LogP contribution in [0, 0.1) is 0 Å². The van der Waals surface area contributed by atoms with Crippen LogP contribution in [0.3, 0.4) is 0 Å². The number of likely N-dealkylation sites (N-methyl/N-ethyl adjacent to an activating group) is 1. The Morgan fingerprint density at radius 1 is 1.26 bits per heavy atom. The van der Waals surface area contributed by atoms with Crippen molar-refractivity contribution in [2.75, 3.05) is 17.3 Å². The second-order valence-corrected chi connectivity index (χ2v) is 6.15. The Bertz CT molecular complexity index is 763. The number of rotatable bonds is 3. The monoisotopic (exact) mass is 374 g/mol. The number of fused-ring (bicyclic) bond motifs is 1. The maximum Gasteiger partial charge on any atom is 0.268 e. The van der Waals surface area contributed by atoms with Crippen molar-refractivity contribution in [2.45, 2.75) is 12.5 Å². The van der Waals surface area contributed by atoms with Crippen LogP contribution in [-0.4, -0.2) is 25.0 Å². The SMILES string of the molecule is CN1C(=O)C(CC(=O)Nc2cccc(Br)c2)Oc2ccccc21. The van der Waals surface area contributed by atoms with Crippen molar-refractivity contribution in [3.05, 3.63) is 53.0 Å². The molecule has 1 N–H and O–H groups in total. The third-order valence-corrected chi connectivity index (χ3v) is 4.07. The van der Waals surface area contributed by atoms with E-state index in [2.05, 4.69) is 21.2 Å². The number of ether oxygens (including phenoxy) is 1. The van der Waals surface area contributed by atoms with Crippen molar-refractivity contribution in [3.8, 4) is 5.75 Å². The lowest BCUT2D eigenvalue weighted by Crippen LogP contribution is -2.45. The summed E-state index contributed by atoms with van der Waals surface area (Å²) in [5.41, 5.74) is 1.38. The molecule has 1 aliphatic heterocycles. The average molecular weight is 375 g/mol. The summed E-state index contributed by atoms with van der Waals surface area (Å²) in [7, 11) is 1.68. The van der Waals surface area contributed by atoms with Crippen molar-refractivity contribution >= 4 is 39.1 Å². The largest absolute Gasteiger partial charge is 0.478 e. The summed E-state index contributed by atoms with van der Waals surface area (Å²) in [5, 5.41) is 2.77. The highest BCUT2D eigenvalue weighted by molar-refractivity contribution is 9.10. The lowest BCUT2D eigenvalue weighted by molar-refractivity contribution is -0.130. The molecule has 1 aliphatic rings. The van der Waals surface area contributed by atoms with Gasteiger partial charge in [-0.3, -0.25) is 9.59 Å².